The van der Waals surface area contributed by atoms with Crippen molar-refractivity contribution in [3.05, 3.63) is 0 Å². The Morgan fingerprint density at radius 3 is 2.60 bits per heavy atom. The largest absolute Gasteiger partial charge is 0.367 e. The molecule has 1 rings (SSSR count). The summed E-state index contributed by atoms with van der Waals surface area (Å²) in [5, 5.41) is 3.42. The molecule has 60 valence electrons. The molecule has 2 heteroatoms. The first-order valence-corrected chi connectivity index (χ1v) is 4.06. The van der Waals surface area contributed by atoms with E-state index in [1.54, 1.807) is 7.11 Å². The topological polar surface area (TPSA) is 21.3 Å². The molecule has 0 spiro atoms. The molecule has 0 saturated carbocycles. The van der Waals surface area contributed by atoms with Gasteiger partial charge in [0.15, 0.2) is 0 Å². The Morgan fingerprint density at radius 2 is 2.30 bits per heavy atom. The standard InChI is InChI=1S/C8H17NO/c1-4-7-6(2)5-8(9-7)10-3/h6-9H,4-5H2,1-3H3/t6?,7-,8+/m0/s1. The van der Waals surface area contributed by atoms with Crippen LogP contribution in [-0.2, 0) is 4.74 Å². The summed E-state index contributed by atoms with van der Waals surface area (Å²) in [7, 11) is 1.77. The molecule has 0 amide bonds. The van der Waals surface area contributed by atoms with Gasteiger partial charge in [0.1, 0.15) is 6.23 Å². The smallest absolute Gasteiger partial charge is 0.108 e. The summed E-state index contributed by atoms with van der Waals surface area (Å²) in [6.07, 6.45) is 2.68. The molecule has 2 nitrogen and oxygen atoms in total. The second-order valence-corrected chi connectivity index (χ2v) is 3.12. The first-order valence-electron chi connectivity index (χ1n) is 4.06. The van der Waals surface area contributed by atoms with Crippen LogP contribution in [0.1, 0.15) is 26.7 Å². The van der Waals surface area contributed by atoms with E-state index in [1.165, 1.54) is 6.42 Å². The van der Waals surface area contributed by atoms with Crippen LogP contribution in [0.5, 0.6) is 0 Å². The third kappa shape index (κ3) is 1.50. The summed E-state index contributed by atoms with van der Waals surface area (Å²) in [6.45, 7) is 4.49. The summed E-state index contributed by atoms with van der Waals surface area (Å²) < 4.78 is 5.20. The lowest BCUT2D eigenvalue weighted by Gasteiger charge is -2.12. The molecule has 0 bridgehead atoms. The van der Waals surface area contributed by atoms with Crippen LogP contribution in [0.25, 0.3) is 0 Å². The maximum atomic E-state index is 5.20. The molecular formula is C8H17NO. The fourth-order valence-corrected chi connectivity index (χ4v) is 1.66. The molecule has 1 aliphatic heterocycles. The molecule has 0 aromatic carbocycles. The van der Waals surface area contributed by atoms with Gasteiger partial charge in [-0.1, -0.05) is 13.8 Å². The average molecular weight is 143 g/mol. The van der Waals surface area contributed by atoms with Crippen molar-refractivity contribution in [3.8, 4) is 0 Å². The average Bonchev–Trinajstić information content (AvgIpc) is 2.30. The minimum Gasteiger partial charge on any atom is -0.367 e. The highest BCUT2D eigenvalue weighted by atomic mass is 16.5. The van der Waals surface area contributed by atoms with Crippen molar-refractivity contribution in [2.24, 2.45) is 5.92 Å². The molecule has 3 atom stereocenters. The molecule has 1 unspecified atom stereocenters. The van der Waals surface area contributed by atoms with Crippen molar-refractivity contribution < 1.29 is 4.74 Å². The Kier molecular flexibility index (Phi) is 2.69. The SMILES string of the molecule is CC[C@@H]1N[C@H](OC)CC1C. The molecule has 10 heavy (non-hydrogen) atoms. The second kappa shape index (κ2) is 3.35. The van der Waals surface area contributed by atoms with Gasteiger partial charge in [-0.2, -0.15) is 0 Å². The summed E-state index contributed by atoms with van der Waals surface area (Å²) in [5.74, 6) is 0.773. The van der Waals surface area contributed by atoms with Crippen molar-refractivity contribution >= 4 is 0 Å². The highest BCUT2D eigenvalue weighted by Crippen LogP contribution is 2.21. The van der Waals surface area contributed by atoms with E-state index >= 15 is 0 Å². The van der Waals surface area contributed by atoms with E-state index in [0.717, 1.165) is 12.3 Å². The fourth-order valence-electron chi connectivity index (χ4n) is 1.66. The van der Waals surface area contributed by atoms with E-state index in [2.05, 4.69) is 19.2 Å². The summed E-state index contributed by atoms with van der Waals surface area (Å²) in [6, 6.07) is 0.671. The third-order valence-electron chi connectivity index (χ3n) is 2.40. The van der Waals surface area contributed by atoms with Crippen LogP contribution in [0.4, 0.5) is 0 Å². The lowest BCUT2D eigenvalue weighted by Crippen LogP contribution is -2.31. The quantitative estimate of drug-likeness (QED) is 0.630. The highest BCUT2D eigenvalue weighted by Gasteiger charge is 2.28. The molecule has 0 radical (unpaired) electrons. The Balaban J connectivity index is 2.36. The van der Waals surface area contributed by atoms with Crippen LogP contribution < -0.4 is 5.32 Å². The molecular weight excluding hydrogens is 126 g/mol. The first-order chi connectivity index (χ1) is 4.77. The minimum absolute atomic E-state index is 0.306. The number of hydrogen-bond acceptors (Lipinski definition) is 2. The first kappa shape index (κ1) is 8.02. The zero-order valence-corrected chi connectivity index (χ0v) is 7.05. The molecule has 1 N–H and O–H groups in total. The van der Waals surface area contributed by atoms with Crippen molar-refractivity contribution in [2.75, 3.05) is 7.11 Å². The van der Waals surface area contributed by atoms with E-state index in [4.69, 9.17) is 4.74 Å². The molecule has 1 saturated heterocycles. The minimum atomic E-state index is 0.306. The maximum absolute atomic E-state index is 5.20. The van der Waals surface area contributed by atoms with Crippen LogP contribution in [0.2, 0.25) is 0 Å². The van der Waals surface area contributed by atoms with Gasteiger partial charge in [-0.15, -0.1) is 0 Å². The molecule has 0 aliphatic carbocycles. The molecule has 0 aromatic heterocycles. The zero-order chi connectivity index (χ0) is 7.56. The number of hydrogen-bond donors (Lipinski definition) is 1. The lowest BCUT2D eigenvalue weighted by molar-refractivity contribution is 0.0856. The maximum Gasteiger partial charge on any atom is 0.108 e. The van der Waals surface area contributed by atoms with Gasteiger partial charge in [0, 0.05) is 13.2 Å². The highest BCUT2D eigenvalue weighted by molar-refractivity contribution is 4.82. The van der Waals surface area contributed by atoms with Crippen LogP contribution in [0.15, 0.2) is 0 Å². The Bertz CT molecular complexity index is 105. The van der Waals surface area contributed by atoms with Crippen LogP contribution >= 0.6 is 0 Å². The Hall–Kier alpha value is -0.0800. The normalized spacial score (nSPS) is 40.5. The summed E-state index contributed by atoms with van der Waals surface area (Å²) in [5.41, 5.74) is 0. The van der Waals surface area contributed by atoms with Gasteiger partial charge in [-0.05, 0) is 18.8 Å². The van der Waals surface area contributed by atoms with Gasteiger partial charge in [0.05, 0.1) is 0 Å². The van der Waals surface area contributed by atoms with Crippen LogP contribution in [0, 0.1) is 5.92 Å². The Labute approximate surface area is 63.0 Å². The van der Waals surface area contributed by atoms with E-state index in [0.29, 0.717) is 12.3 Å². The van der Waals surface area contributed by atoms with Crippen molar-refractivity contribution in [3.63, 3.8) is 0 Å². The fraction of sp³-hybridized carbons (Fsp3) is 1.00. The van der Waals surface area contributed by atoms with Gasteiger partial charge in [0.25, 0.3) is 0 Å². The number of rotatable bonds is 2. The molecule has 1 heterocycles. The van der Waals surface area contributed by atoms with Crippen LogP contribution in [0.3, 0.4) is 0 Å². The summed E-state index contributed by atoms with van der Waals surface area (Å²) >= 11 is 0. The van der Waals surface area contributed by atoms with E-state index in [-0.39, 0.29) is 0 Å². The predicted octanol–water partition coefficient (Wildman–Crippen LogP) is 1.37. The van der Waals surface area contributed by atoms with Gasteiger partial charge in [0.2, 0.25) is 0 Å². The Morgan fingerprint density at radius 1 is 1.60 bits per heavy atom. The van der Waals surface area contributed by atoms with Crippen molar-refractivity contribution in [1.82, 2.24) is 5.32 Å². The monoisotopic (exact) mass is 143 g/mol. The molecule has 1 fully saturated rings. The van der Waals surface area contributed by atoms with Gasteiger partial charge < -0.3 is 4.74 Å². The van der Waals surface area contributed by atoms with Crippen molar-refractivity contribution in [2.45, 2.75) is 39.0 Å². The number of methoxy groups -OCH3 is 1. The number of nitrogens with one attached hydrogen (secondary N) is 1. The lowest BCUT2D eigenvalue weighted by atomic mass is 10.0. The van der Waals surface area contributed by atoms with Gasteiger partial charge in [-0.25, -0.2) is 0 Å². The summed E-state index contributed by atoms with van der Waals surface area (Å²) in [4.78, 5) is 0. The third-order valence-corrected chi connectivity index (χ3v) is 2.40. The van der Waals surface area contributed by atoms with Gasteiger partial charge in [-0.3, -0.25) is 5.32 Å². The molecule has 1 aliphatic rings. The van der Waals surface area contributed by atoms with Crippen molar-refractivity contribution in [1.29, 1.82) is 0 Å². The van der Waals surface area contributed by atoms with E-state index in [9.17, 15) is 0 Å². The zero-order valence-electron chi connectivity index (χ0n) is 7.05. The molecule has 0 aromatic rings. The predicted molar refractivity (Wildman–Crippen MR) is 41.8 cm³/mol. The van der Waals surface area contributed by atoms with E-state index in [1.807, 2.05) is 0 Å². The number of ether oxygens (including phenoxy) is 1. The van der Waals surface area contributed by atoms with Gasteiger partial charge >= 0.3 is 0 Å². The van der Waals surface area contributed by atoms with E-state index < -0.39 is 0 Å². The second-order valence-electron chi connectivity index (χ2n) is 3.12. The van der Waals surface area contributed by atoms with Crippen LogP contribution in [-0.4, -0.2) is 19.4 Å².